The summed E-state index contributed by atoms with van der Waals surface area (Å²) in [7, 11) is 0. The molecule has 1 aliphatic rings. The fourth-order valence-corrected chi connectivity index (χ4v) is 3.68. The van der Waals surface area contributed by atoms with Crippen molar-refractivity contribution in [2.75, 3.05) is 16.4 Å². The molecule has 0 radical (unpaired) electrons. The first-order valence-electron chi connectivity index (χ1n) is 7.26. The molecule has 1 amide bonds. The molecule has 3 rings (SSSR count). The lowest BCUT2D eigenvalue weighted by molar-refractivity contribution is -0.113. The van der Waals surface area contributed by atoms with Gasteiger partial charge in [0.2, 0.25) is 11.0 Å². The van der Waals surface area contributed by atoms with E-state index in [0.717, 1.165) is 18.0 Å². The van der Waals surface area contributed by atoms with E-state index >= 15 is 0 Å². The molecule has 0 atom stereocenters. The standard InChI is InChI=1S/C14H13ClF2N4O2S2/c15-9-5-8(3-4-10(9)23-12(16)17)18-11(22)6-24-14-21-20-13(25-14)19-7-1-2-7/h3-5,7,12H,1-2,6H2,(H,18,22)(H,19,20). The summed E-state index contributed by atoms with van der Waals surface area (Å²) in [6, 6.07) is 4.56. The number of halogens is 3. The summed E-state index contributed by atoms with van der Waals surface area (Å²) >= 11 is 8.51. The van der Waals surface area contributed by atoms with Crippen LogP contribution in [0.4, 0.5) is 19.6 Å². The van der Waals surface area contributed by atoms with Crippen molar-refractivity contribution >= 4 is 51.4 Å². The van der Waals surface area contributed by atoms with Crippen LogP contribution < -0.4 is 15.4 Å². The Hall–Kier alpha value is -1.65. The van der Waals surface area contributed by atoms with E-state index in [1.54, 1.807) is 0 Å². The third-order valence-electron chi connectivity index (χ3n) is 3.07. The fourth-order valence-electron chi connectivity index (χ4n) is 1.82. The molecular weight excluding hydrogens is 394 g/mol. The van der Waals surface area contributed by atoms with Crippen LogP contribution in [-0.2, 0) is 4.79 Å². The van der Waals surface area contributed by atoms with Crippen molar-refractivity contribution in [3.05, 3.63) is 23.2 Å². The predicted molar refractivity (Wildman–Crippen MR) is 94.0 cm³/mol. The molecule has 25 heavy (non-hydrogen) atoms. The van der Waals surface area contributed by atoms with Crippen molar-refractivity contribution in [1.82, 2.24) is 10.2 Å². The quantitative estimate of drug-likeness (QED) is 0.643. The number of aromatic nitrogens is 2. The number of benzene rings is 1. The molecule has 1 aromatic heterocycles. The molecule has 11 heteroatoms. The summed E-state index contributed by atoms with van der Waals surface area (Å²) in [6.07, 6.45) is 2.29. The van der Waals surface area contributed by atoms with Gasteiger partial charge < -0.3 is 15.4 Å². The van der Waals surface area contributed by atoms with Crippen LogP contribution in [0.25, 0.3) is 0 Å². The van der Waals surface area contributed by atoms with E-state index in [1.165, 1.54) is 41.3 Å². The summed E-state index contributed by atoms with van der Waals surface area (Å²) in [5.41, 5.74) is 0.394. The molecule has 1 fully saturated rings. The maximum Gasteiger partial charge on any atom is 0.387 e. The Morgan fingerprint density at radius 2 is 2.24 bits per heavy atom. The van der Waals surface area contributed by atoms with Crippen LogP contribution >= 0.6 is 34.7 Å². The second-order valence-corrected chi connectivity index (χ2v) is 7.76. The third kappa shape index (κ3) is 5.68. The molecule has 0 bridgehead atoms. The molecule has 0 spiro atoms. The highest BCUT2D eigenvalue weighted by Crippen LogP contribution is 2.31. The van der Waals surface area contributed by atoms with Crippen molar-refractivity contribution in [3.8, 4) is 5.75 Å². The van der Waals surface area contributed by atoms with E-state index in [4.69, 9.17) is 11.6 Å². The average Bonchev–Trinajstić information content (AvgIpc) is 3.24. The number of amides is 1. The molecule has 0 unspecified atom stereocenters. The Morgan fingerprint density at radius 1 is 1.44 bits per heavy atom. The summed E-state index contributed by atoms with van der Waals surface area (Å²) in [4.78, 5) is 12.0. The number of rotatable bonds is 8. The van der Waals surface area contributed by atoms with Gasteiger partial charge in [-0.05, 0) is 31.0 Å². The predicted octanol–water partition coefficient (Wildman–Crippen LogP) is 4.10. The van der Waals surface area contributed by atoms with E-state index in [2.05, 4.69) is 25.6 Å². The van der Waals surface area contributed by atoms with Crippen LogP contribution in [0.15, 0.2) is 22.5 Å². The molecular formula is C14H13ClF2N4O2S2. The maximum absolute atomic E-state index is 12.2. The Morgan fingerprint density at radius 3 is 2.92 bits per heavy atom. The molecule has 1 aromatic carbocycles. The van der Waals surface area contributed by atoms with Crippen LogP contribution in [0.2, 0.25) is 5.02 Å². The number of hydrogen-bond donors (Lipinski definition) is 2. The van der Waals surface area contributed by atoms with Gasteiger partial charge >= 0.3 is 6.61 Å². The zero-order chi connectivity index (χ0) is 17.8. The van der Waals surface area contributed by atoms with E-state index in [-0.39, 0.29) is 22.4 Å². The van der Waals surface area contributed by atoms with Crippen LogP contribution in [0.1, 0.15) is 12.8 Å². The Bertz CT molecular complexity index is 758. The van der Waals surface area contributed by atoms with Crippen LogP contribution in [0.5, 0.6) is 5.75 Å². The lowest BCUT2D eigenvalue weighted by atomic mass is 10.3. The SMILES string of the molecule is O=C(CSc1nnc(NC2CC2)s1)Nc1ccc(OC(F)F)c(Cl)c1. The molecule has 2 aromatic rings. The van der Waals surface area contributed by atoms with E-state index in [0.29, 0.717) is 16.1 Å². The minimum atomic E-state index is -2.96. The molecule has 2 N–H and O–H groups in total. The molecule has 0 aliphatic heterocycles. The second-order valence-electron chi connectivity index (χ2n) is 5.15. The number of nitrogens with zero attached hydrogens (tertiary/aromatic N) is 2. The topological polar surface area (TPSA) is 76.1 Å². The first-order chi connectivity index (χ1) is 12.0. The molecule has 0 saturated heterocycles. The zero-order valence-corrected chi connectivity index (χ0v) is 15.1. The summed E-state index contributed by atoms with van der Waals surface area (Å²) in [5, 5.41) is 14.6. The van der Waals surface area contributed by atoms with Crippen LogP contribution in [0.3, 0.4) is 0 Å². The van der Waals surface area contributed by atoms with Crippen molar-refractivity contribution in [1.29, 1.82) is 0 Å². The minimum Gasteiger partial charge on any atom is -0.433 e. The number of hydrogen-bond acceptors (Lipinski definition) is 7. The number of anilines is 2. The Kier molecular flexibility index (Phi) is 5.92. The lowest BCUT2D eigenvalue weighted by Crippen LogP contribution is -2.14. The fraction of sp³-hybridized carbons (Fsp3) is 0.357. The van der Waals surface area contributed by atoms with E-state index < -0.39 is 6.61 Å². The van der Waals surface area contributed by atoms with Gasteiger partial charge in [-0.3, -0.25) is 4.79 Å². The first kappa shape index (κ1) is 18.2. The number of ether oxygens (including phenoxy) is 1. The van der Waals surface area contributed by atoms with Crippen molar-refractivity contribution in [2.45, 2.75) is 29.8 Å². The largest absolute Gasteiger partial charge is 0.433 e. The van der Waals surface area contributed by atoms with Gasteiger partial charge in [0, 0.05) is 11.7 Å². The van der Waals surface area contributed by atoms with Crippen LogP contribution in [0, 0.1) is 0 Å². The highest BCUT2D eigenvalue weighted by atomic mass is 35.5. The van der Waals surface area contributed by atoms with Gasteiger partial charge in [0.25, 0.3) is 0 Å². The van der Waals surface area contributed by atoms with Crippen LogP contribution in [-0.4, -0.2) is 34.5 Å². The second kappa shape index (κ2) is 8.15. The maximum atomic E-state index is 12.2. The van der Waals surface area contributed by atoms with Gasteiger partial charge in [-0.2, -0.15) is 8.78 Å². The molecule has 1 aliphatic carbocycles. The summed E-state index contributed by atoms with van der Waals surface area (Å²) in [6.45, 7) is -2.96. The van der Waals surface area contributed by atoms with Crippen molar-refractivity contribution in [2.24, 2.45) is 0 Å². The Labute approximate surface area is 155 Å². The number of carbonyl (C=O) groups is 1. The number of carbonyl (C=O) groups excluding carboxylic acids is 1. The summed E-state index contributed by atoms with van der Waals surface area (Å²) < 4.78 is 29.3. The van der Waals surface area contributed by atoms with Gasteiger partial charge in [-0.15, -0.1) is 10.2 Å². The van der Waals surface area contributed by atoms with Gasteiger partial charge in [-0.1, -0.05) is 34.7 Å². The highest BCUT2D eigenvalue weighted by Gasteiger charge is 2.22. The average molecular weight is 407 g/mol. The normalized spacial score (nSPS) is 13.8. The number of nitrogens with one attached hydrogen (secondary N) is 2. The van der Waals surface area contributed by atoms with Crippen molar-refractivity contribution < 1.29 is 18.3 Å². The molecule has 6 nitrogen and oxygen atoms in total. The van der Waals surface area contributed by atoms with E-state index in [1.807, 2.05) is 0 Å². The monoisotopic (exact) mass is 406 g/mol. The number of alkyl halides is 2. The molecule has 1 heterocycles. The Balaban J connectivity index is 1.48. The third-order valence-corrected chi connectivity index (χ3v) is 5.35. The number of thioether (sulfide) groups is 1. The first-order valence-corrected chi connectivity index (χ1v) is 9.44. The summed E-state index contributed by atoms with van der Waals surface area (Å²) in [5.74, 6) is -0.269. The molecule has 134 valence electrons. The zero-order valence-electron chi connectivity index (χ0n) is 12.7. The van der Waals surface area contributed by atoms with Gasteiger partial charge in [-0.25, -0.2) is 0 Å². The lowest BCUT2D eigenvalue weighted by Gasteiger charge is -2.09. The van der Waals surface area contributed by atoms with Crippen molar-refractivity contribution in [3.63, 3.8) is 0 Å². The van der Waals surface area contributed by atoms with Gasteiger partial charge in [0.1, 0.15) is 5.75 Å². The highest BCUT2D eigenvalue weighted by molar-refractivity contribution is 8.01. The van der Waals surface area contributed by atoms with E-state index in [9.17, 15) is 13.6 Å². The van der Waals surface area contributed by atoms with Gasteiger partial charge in [0.05, 0.1) is 10.8 Å². The minimum absolute atomic E-state index is 0.00864. The van der Waals surface area contributed by atoms with Gasteiger partial charge in [0.15, 0.2) is 4.34 Å². The smallest absolute Gasteiger partial charge is 0.387 e. The molecule has 1 saturated carbocycles.